The SMILES string of the molecule is Cc1[nH]nc2ncc(C(=O)NC3c4ccccc4CC3O)cc12. The van der Waals surface area contributed by atoms with Crippen molar-refractivity contribution in [3.8, 4) is 0 Å². The molecule has 3 aromatic rings. The van der Waals surface area contributed by atoms with Crippen LogP contribution >= 0.6 is 0 Å². The van der Waals surface area contributed by atoms with E-state index >= 15 is 0 Å². The Labute approximate surface area is 132 Å². The molecule has 0 fully saturated rings. The predicted molar refractivity (Wildman–Crippen MR) is 85.0 cm³/mol. The first kappa shape index (κ1) is 13.9. The van der Waals surface area contributed by atoms with E-state index in [0.717, 1.165) is 22.2 Å². The number of hydrogen-bond donors (Lipinski definition) is 3. The van der Waals surface area contributed by atoms with Crippen LogP contribution in [0.15, 0.2) is 36.5 Å². The highest BCUT2D eigenvalue weighted by atomic mass is 16.3. The van der Waals surface area contributed by atoms with Crippen LogP contribution in [-0.2, 0) is 6.42 Å². The number of aliphatic hydroxyl groups is 1. The summed E-state index contributed by atoms with van der Waals surface area (Å²) in [5.74, 6) is -0.249. The third-order valence-corrected chi connectivity index (χ3v) is 4.35. The second-order valence-electron chi connectivity index (χ2n) is 5.87. The molecule has 3 N–H and O–H groups in total. The van der Waals surface area contributed by atoms with Crippen molar-refractivity contribution >= 4 is 16.9 Å². The summed E-state index contributed by atoms with van der Waals surface area (Å²) in [6, 6.07) is 9.16. The molecule has 1 aliphatic rings. The lowest BCUT2D eigenvalue weighted by atomic mass is 10.1. The number of aliphatic hydroxyl groups excluding tert-OH is 1. The van der Waals surface area contributed by atoms with E-state index < -0.39 is 6.10 Å². The molecule has 6 nitrogen and oxygen atoms in total. The fraction of sp³-hybridized carbons (Fsp3) is 0.235. The number of aromatic amines is 1. The van der Waals surface area contributed by atoms with Crippen molar-refractivity contribution in [2.45, 2.75) is 25.5 Å². The molecule has 2 aromatic heterocycles. The van der Waals surface area contributed by atoms with Crippen LogP contribution in [0.5, 0.6) is 0 Å². The zero-order chi connectivity index (χ0) is 16.0. The van der Waals surface area contributed by atoms with Crippen LogP contribution in [0.25, 0.3) is 11.0 Å². The van der Waals surface area contributed by atoms with Crippen molar-refractivity contribution in [2.75, 3.05) is 0 Å². The van der Waals surface area contributed by atoms with E-state index in [2.05, 4.69) is 20.5 Å². The summed E-state index contributed by atoms with van der Waals surface area (Å²) in [5, 5.41) is 20.9. The molecule has 23 heavy (non-hydrogen) atoms. The summed E-state index contributed by atoms with van der Waals surface area (Å²) in [6.07, 6.45) is 1.45. The number of H-pyrrole nitrogens is 1. The molecule has 2 atom stereocenters. The first-order chi connectivity index (χ1) is 11.1. The van der Waals surface area contributed by atoms with E-state index in [4.69, 9.17) is 0 Å². The molecule has 1 amide bonds. The van der Waals surface area contributed by atoms with Gasteiger partial charge >= 0.3 is 0 Å². The van der Waals surface area contributed by atoms with Gasteiger partial charge in [0, 0.05) is 23.7 Å². The van der Waals surface area contributed by atoms with Crippen molar-refractivity contribution in [3.05, 3.63) is 58.9 Å². The fourth-order valence-electron chi connectivity index (χ4n) is 3.12. The molecular weight excluding hydrogens is 292 g/mol. The lowest BCUT2D eigenvalue weighted by molar-refractivity contribution is 0.0858. The number of hydrogen-bond acceptors (Lipinski definition) is 4. The minimum atomic E-state index is -0.608. The molecule has 0 saturated carbocycles. The lowest BCUT2D eigenvalue weighted by Gasteiger charge is -2.17. The third-order valence-electron chi connectivity index (χ3n) is 4.35. The van der Waals surface area contributed by atoms with Gasteiger partial charge < -0.3 is 10.4 Å². The van der Waals surface area contributed by atoms with Crippen LogP contribution in [-0.4, -0.2) is 32.3 Å². The number of pyridine rings is 1. The topological polar surface area (TPSA) is 90.9 Å². The van der Waals surface area contributed by atoms with Crippen molar-refractivity contribution < 1.29 is 9.90 Å². The van der Waals surface area contributed by atoms with Crippen LogP contribution in [0.4, 0.5) is 0 Å². The molecule has 0 saturated heterocycles. The largest absolute Gasteiger partial charge is 0.390 e. The Kier molecular flexibility index (Phi) is 3.12. The molecule has 6 heteroatoms. The van der Waals surface area contributed by atoms with Gasteiger partial charge in [0.15, 0.2) is 5.65 Å². The van der Waals surface area contributed by atoms with Gasteiger partial charge in [-0.2, -0.15) is 5.10 Å². The first-order valence-corrected chi connectivity index (χ1v) is 7.51. The zero-order valence-electron chi connectivity index (χ0n) is 12.6. The smallest absolute Gasteiger partial charge is 0.253 e. The van der Waals surface area contributed by atoms with E-state index in [1.165, 1.54) is 6.20 Å². The van der Waals surface area contributed by atoms with Crippen molar-refractivity contribution in [3.63, 3.8) is 0 Å². The van der Waals surface area contributed by atoms with Gasteiger partial charge in [-0.05, 0) is 24.1 Å². The Balaban J connectivity index is 1.63. The van der Waals surface area contributed by atoms with Gasteiger partial charge in [0.1, 0.15) is 0 Å². The molecule has 0 bridgehead atoms. The molecule has 1 aromatic carbocycles. The zero-order valence-corrected chi connectivity index (χ0v) is 12.6. The molecule has 116 valence electrons. The Morgan fingerprint density at radius 1 is 1.39 bits per heavy atom. The average molecular weight is 308 g/mol. The minimum absolute atomic E-state index is 0.249. The quantitative estimate of drug-likeness (QED) is 0.671. The van der Waals surface area contributed by atoms with Gasteiger partial charge in [-0.3, -0.25) is 9.89 Å². The number of rotatable bonds is 2. The number of carbonyl (C=O) groups excluding carboxylic acids is 1. The van der Waals surface area contributed by atoms with Gasteiger partial charge in [0.2, 0.25) is 0 Å². The van der Waals surface area contributed by atoms with Crippen LogP contribution in [0, 0.1) is 6.92 Å². The standard InChI is InChI=1S/C17H16N4O2/c1-9-13-6-11(8-18-16(13)21-20-9)17(23)19-15-12-5-3-2-4-10(12)7-14(15)22/h2-6,8,14-15,22H,7H2,1H3,(H,19,23)(H,18,20,21). The molecule has 4 rings (SSSR count). The van der Waals surface area contributed by atoms with Gasteiger partial charge in [-0.15, -0.1) is 0 Å². The Bertz CT molecular complexity index is 902. The van der Waals surface area contributed by atoms with Gasteiger partial charge in [-0.25, -0.2) is 4.98 Å². The monoisotopic (exact) mass is 308 g/mol. The predicted octanol–water partition coefficient (Wildman–Crippen LogP) is 1.65. The average Bonchev–Trinajstić information content (AvgIpc) is 3.08. The Morgan fingerprint density at radius 3 is 3.09 bits per heavy atom. The van der Waals surface area contributed by atoms with E-state index in [1.807, 2.05) is 31.2 Å². The van der Waals surface area contributed by atoms with Crippen LogP contribution < -0.4 is 5.32 Å². The minimum Gasteiger partial charge on any atom is -0.390 e. The van der Waals surface area contributed by atoms with Crippen molar-refractivity contribution in [1.29, 1.82) is 0 Å². The summed E-state index contributed by atoms with van der Waals surface area (Å²) in [4.78, 5) is 16.7. The number of carbonyl (C=O) groups is 1. The van der Waals surface area contributed by atoms with Crippen LogP contribution in [0.3, 0.4) is 0 Å². The van der Waals surface area contributed by atoms with Crippen LogP contribution in [0.1, 0.15) is 33.2 Å². The van der Waals surface area contributed by atoms with Gasteiger partial charge in [0.25, 0.3) is 5.91 Å². The molecule has 2 heterocycles. The molecular formula is C17H16N4O2. The van der Waals surface area contributed by atoms with Crippen molar-refractivity contribution in [2.24, 2.45) is 0 Å². The second kappa shape index (κ2) is 5.17. The van der Waals surface area contributed by atoms with E-state index in [9.17, 15) is 9.90 Å². The van der Waals surface area contributed by atoms with Gasteiger partial charge in [-0.1, -0.05) is 24.3 Å². The Morgan fingerprint density at radius 2 is 2.22 bits per heavy atom. The number of nitrogens with zero attached hydrogens (tertiary/aromatic N) is 2. The molecule has 0 radical (unpaired) electrons. The normalized spacial score (nSPS) is 19.7. The molecule has 0 spiro atoms. The number of fused-ring (bicyclic) bond motifs is 2. The highest BCUT2D eigenvalue weighted by Crippen LogP contribution is 2.31. The molecule has 2 unspecified atom stereocenters. The highest BCUT2D eigenvalue weighted by Gasteiger charge is 2.32. The molecule has 0 aliphatic heterocycles. The summed E-state index contributed by atoms with van der Waals surface area (Å²) in [7, 11) is 0. The number of benzene rings is 1. The summed E-state index contributed by atoms with van der Waals surface area (Å²) >= 11 is 0. The number of nitrogens with one attached hydrogen (secondary N) is 2. The van der Waals surface area contributed by atoms with E-state index in [1.54, 1.807) is 6.07 Å². The maximum atomic E-state index is 12.5. The third kappa shape index (κ3) is 2.27. The van der Waals surface area contributed by atoms with Crippen molar-refractivity contribution in [1.82, 2.24) is 20.5 Å². The van der Waals surface area contributed by atoms with Crippen LogP contribution in [0.2, 0.25) is 0 Å². The molecule has 1 aliphatic carbocycles. The first-order valence-electron chi connectivity index (χ1n) is 7.51. The fourth-order valence-corrected chi connectivity index (χ4v) is 3.12. The number of amides is 1. The highest BCUT2D eigenvalue weighted by molar-refractivity contribution is 5.97. The Hall–Kier alpha value is -2.73. The number of aromatic nitrogens is 3. The maximum absolute atomic E-state index is 12.5. The number of aryl methyl sites for hydroxylation is 1. The summed E-state index contributed by atoms with van der Waals surface area (Å²) < 4.78 is 0. The van der Waals surface area contributed by atoms with E-state index in [0.29, 0.717) is 17.6 Å². The lowest BCUT2D eigenvalue weighted by Crippen LogP contribution is -2.33. The summed E-state index contributed by atoms with van der Waals surface area (Å²) in [6.45, 7) is 1.88. The second-order valence-corrected chi connectivity index (χ2v) is 5.87. The summed E-state index contributed by atoms with van der Waals surface area (Å²) in [5.41, 5.74) is 3.96. The van der Waals surface area contributed by atoms with Gasteiger partial charge in [0.05, 0.1) is 17.7 Å². The maximum Gasteiger partial charge on any atom is 0.253 e. The van der Waals surface area contributed by atoms with E-state index in [-0.39, 0.29) is 11.9 Å².